The molecule has 0 aliphatic rings. The fraction of sp³-hybridized carbons (Fsp3) is 0.355. The molecule has 0 bridgehead atoms. The van der Waals surface area contributed by atoms with Crippen LogP contribution in [0.1, 0.15) is 50.3 Å². The van der Waals surface area contributed by atoms with Crippen LogP contribution < -0.4 is 9.62 Å². The van der Waals surface area contributed by atoms with Crippen LogP contribution in [0.25, 0.3) is 0 Å². The number of halogens is 2. The second-order valence-electron chi connectivity index (χ2n) is 10.1. The molecule has 41 heavy (non-hydrogen) atoms. The summed E-state index contributed by atoms with van der Waals surface area (Å²) in [7, 11) is -4.19. The van der Waals surface area contributed by atoms with Crippen LogP contribution in [0.3, 0.4) is 0 Å². The summed E-state index contributed by atoms with van der Waals surface area (Å²) in [6.45, 7) is 8.76. The highest BCUT2D eigenvalue weighted by Gasteiger charge is 2.34. The molecule has 220 valence electrons. The van der Waals surface area contributed by atoms with Gasteiger partial charge >= 0.3 is 0 Å². The molecule has 0 aromatic heterocycles. The smallest absolute Gasteiger partial charge is 0.264 e. The summed E-state index contributed by atoms with van der Waals surface area (Å²) < 4.78 is 29.2. The molecule has 10 heteroatoms. The Hall–Kier alpha value is -3.07. The molecular formula is C31H37Cl2N3O4S. The number of rotatable bonds is 12. The predicted octanol–water partition coefficient (Wildman–Crippen LogP) is 6.53. The van der Waals surface area contributed by atoms with E-state index in [1.54, 1.807) is 55.5 Å². The molecule has 3 aromatic carbocycles. The zero-order valence-corrected chi connectivity index (χ0v) is 26.4. The van der Waals surface area contributed by atoms with Crippen molar-refractivity contribution in [3.05, 3.63) is 93.5 Å². The Balaban J connectivity index is 2.11. The monoisotopic (exact) mass is 617 g/mol. The molecule has 2 atom stereocenters. The molecule has 0 fully saturated rings. The van der Waals surface area contributed by atoms with Crippen molar-refractivity contribution in [1.82, 2.24) is 10.2 Å². The van der Waals surface area contributed by atoms with Gasteiger partial charge in [-0.25, -0.2) is 8.42 Å². The molecule has 0 saturated heterocycles. The molecule has 1 N–H and O–H groups in total. The minimum atomic E-state index is -4.19. The first-order valence-electron chi connectivity index (χ1n) is 13.6. The van der Waals surface area contributed by atoms with E-state index in [9.17, 15) is 18.0 Å². The van der Waals surface area contributed by atoms with Gasteiger partial charge in [0.25, 0.3) is 10.0 Å². The van der Waals surface area contributed by atoms with Crippen LogP contribution in [0.5, 0.6) is 0 Å². The summed E-state index contributed by atoms with van der Waals surface area (Å²) in [5, 5.41) is 3.73. The molecule has 0 unspecified atom stereocenters. The van der Waals surface area contributed by atoms with Gasteiger partial charge in [0.2, 0.25) is 11.8 Å². The Morgan fingerprint density at radius 3 is 2.20 bits per heavy atom. The molecule has 0 radical (unpaired) electrons. The van der Waals surface area contributed by atoms with Gasteiger partial charge in [0, 0.05) is 22.6 Å². The summed E-state index contributed by atoms with van der Waals surface area (Å²) >= 11 is 12.7. The quantitative estimate of drug-likeness (QED) is 0.250. The zero-order valence-electron chi connectivity index (χ0n) is 24.0. The van der Waals surface area contributed by atoms with Crippen molar-refractivity contribution in [1.29, 1.82) is 0 Å². The van der Waals surface area contributed by atoms with E-state index in [2.05, 4.69) is 5.32 Å². The van der Waals surface area contributed by atoms with E-state index in [-0.39, 0.29) is 29.1 Å². The van der Waals surface area contributed by atoms with Gasteiger partial charge in [-0.2, -0.15) is 0 Å². The summed E-state index contributed by atoms with van der Waals surface area (Å²) in [4.78, 5) is 29.0. The van der Waals surface area contributed by atoms with Crippen LogP contribution in [0, 0.1) is 13.8 Å². The molecule has 3 aromatic rings. The predicted molar refractivity (Wildman–Crippen MR) is 166 cm³/mol. The number of hydrogen-bond donors (Lipinski definition) is 1. The number of carbonyl (C=O) groups is 2. The molecule has 0 aliphatic carbocycles. The lowest BCUT2D eigenvalue weighted by Crippen LogP contribution is -2.53. The summed E-state index contributed by atoms with van der Waals surface area (Å²) in [6.07, 6.45) is 1.04. The fourth-order valence-corrected chi connectivity index (χ4v) is 6.21. The van der Waals surface area contributed by atoms with Crippen LogP contribution in [0.4, 0.5) is 5.69 Å². The number of nitrogens with zero attached hydrogens (tertiary/aromatic N) is 2. The number of carbonyl (C=O) groups excluding carboxylic acids is 2. The van der Waals surface area contributed by atoms with E-state index in [1.807, 2.05) is 27.7 Å². The number of aryl methyl sites for hydroxylation is 2. The first-order valence-corrected chi connectivity index (χ1v) is 15.8. The van der Waals surface area contributed by atoms with E-state index in [4.69, 9.17) is 23.2 Å². The van der Waals surface area contributed by atoms with Crippen molar-refractivity contribution in [2.75, 3.05) is 10.8 Å². The number of nitrogens with one attached hydrogen (secondary N) is 1. The molecule has 7 nitrogen and oxygen atoms in total. The third kappa shape index (κ3) is 8.03. The van der Waals surface area contributed by atoms with E-state index < -0.39 is 28.5 Å². The van der Waals surface area contributed by atoms with Gasteiger partial charge in [-0.15, -0.1) is 0 Å². The van der Waals surface area contributed by atoms with Crippen LogP contribution >= 0.6 is 23.2 Å². The van der Waals surface area contributed by atoms with Gasteiger partial charge < -0.3 is 10.2 Å². The van der Waals surface area contributed by atoms with Gasteiger partial charge in [0.15, 0.2) is 0 Å². The average molecular weight is 619 g/mol. The number of sulfonamides is 1. The Labute approximate surface area is 253 Å². The molecule has 0 saturated carbocycles. The maximum atomic E-state index is 14.2. The third-order valence-electron chi connectivity index (χ3n) is 7.01. The Kier molecular flexibility index (Phi) is 11.2. The van der Waals surface area contributed by atoms with E-state index >= 15 is 0 Å². The fourth-order valence-electron chi connectivity index (χ4n) is 4.37. The lowest BCUT2D eigenvalue weighted by molar-refractivity contribution is -0.140. The van der Waals surface area contributed by atoms with Gasteiger partial charge in [0.1, 0.15) is 12.6 Å². The maximum Gasteiger partial charge on any atom is 0.264 e. The summed E-state index contributed by atoms with van der Waals surface area (Å²) in [5.41, 5.74) is 2.44. The topological polar surface area (TPSA) is 86.8 Å². The van der Waals surface area contributed by atoms with Crippen molar-refractivity contribution in [3.63, 3.8) is 0 Å². The first kappa shape index (κ1) is 32.4. The second kappa shape index (κ2) is 14.2. The lowest BCUT2D eigenvalue weighted by atomic mass is 10.1. The largest absolute Gasteiger partial charge is 0.352 e. The first-order chi connectivity index (χ1) is 19.4. The zero-order chi connectivity index (χ0) is 30.3. The molecular weight excluding hydrogens is 581 g/mol. The highest BCUT2D eigenvalue weighted by molar-refractivity contribution is 7.92. The van der Waals surface area contributed by atoms with Gasteiger partial charge in [0.05, 0.1) is 10.6 Å². The van der Waals surface area contributed by atoms with Crippen molar-refractivity contribution >= 4 is 50.7 Å². The van der Waals surface area contributed by atoms with Crippen molar-refractivity contribution in [2.45, 2.75) is 71.0 Å². The van der Waals surface area contributed by atoms with Crippen LogP contribution in [-0.2, 0) is 26.2 Å². The SMILES string of the molecule is CC[C@H](C(=O)N[C@@H](C)CC)N(Cc1ccccc1Cl)C(=O)CN(c1cc(Cl)ccc1C)S(=O)(=O)c1ccc(C)cc1. The van der Waals surface area contributed by atoms with Crippen molar-refractivity contribution < 1.29 is 18.0 Å². The second-order valence-corrected chi connectivity index (χ2v) is 12.8. The van der Waals surface area contributed by atoms with E-state index in [1.165, 1.54) is 23.1 Å². The Morgan fingerprint density at radius 1 is 0.927 bits per heavy atom. The van der Waals surface area contributed by atoms with Crippen LogP contribution in [0.15, 0.2) is 71.6 Å². The molecule has 3 rings (SSSR count). The summed E-state index contributed by atoms with van der Waals surface area (Å²) in [6, 6.07) is 17.4. The maximum absolute atomic E-state index is 14.2. The Morgan fingerprint density at radius 2 is 1.59 bits per heavy atom. The molecule has 0 spiro atoms. The Bertz CT molecular complexity index is 1480. The molecule has 0 aliphatic heterocycles. The minimum absolute atomic E-state index is 0.0257. The minimum Gasteiger partial charge on any atom is -0.352 e. The van der Waals surface area contributed by atoms with E-state index in [0.717, 1.165) is 16.3 Å². The average Bonchev–Trinajstić information content (AvgIpc) is 2.94. The molecule has 2 amide bonds. The lowest BCUT2D eigenvalue weighted by Gasteiger charge is -2.34. The number of anilines is 1. The van der Waals surface area contributed by atoms with Crippen LogP contribution in [-0.4, -0.2) is 43.8 Å². The molecule has 0 heterocycles. The highest BCUT2D eigenvalue weighted by atomic mass is 35.5. The normalized spacial score (nSPS) is 12.9. The van der Waals surface area contributed by atoms with Gasteiger partial charge in [-0.1, -0.05) is 79.0 Å². The third-order valence-corrected chi connectivity index (χ3v) is 9.39. The number of amides is 2. The van der Waals surface area contributed by atoms with Crippen molar-refractivity contribution in [3.8, 4) is 0 Å². The number of benzene rings is 3. The van der Waals surface area contributed by atoms with Crippen LogP contribution in [0.2, 0.25) is 10.0 Å². The van der Waals surface area contributed by atoms with Crippen molar-refractivity contribution in [2.24, 2.45) is 0 Å². The standard InChI is InChI=1S/C31H37Cl2N3O4S/c1-6-23(5)34-31(38)28(7-2)35(19-24-10-8-9-11-27(24)33)30(37)20-36(29-18-25(32)15-14-22(29)4)41(39,40)26-16-12-21(3)13-17-26/h8-18,23,28H,6-7,19-20H2,1-5H3,(H,34,38)/t23-,28+/m0/s1. The highest BCUT2D eigenvalue weighted by Crippen LogP contribution is 2.30. The van der Waals surface area contributed by atoms with Gasteiger partial charge in [-0.3, -0.25) is 13.9 Å². The van der Waals surface area contributed by atoms with E-state index in [0.29, 0.717) is 27.6 Å². The summed E-state index contributed by atoms with van der Waals surface area (Å²) in [5.74, 6) is -0.861. The number of hydrogen-bond acceptors (Lipinski definition) is 4. The van der Waals surface area contributed by atoms with Gasteiger partial charge in [-0.05, 0) is 75.1 Å².